The quantitative estimate of drug-likeness (QED) is 0.832. The van der Waals surface area contributed by atoms with Crippen molar-refractivity contribution < 1.29 is 14.7 Å². The maximum Gasteiger partial charge on any atom is 0.308 e. The van der Waals surface area contributed by atoms with Crippen molar-refractivity contribution in [3.8, 4) is 0 Å². The highest BCUT2D eigenvalue weighted by molar-refractivity contribution is 5.86. The lowest BCUT2D eigenvalue weighted by atomic mass is 9.67. The summed E-state index contributed by atoms with van der Waals surface area (Å²) in [6.07, 6.45) is 3.80. The Bertz CT molecular complexity index is 440. The van der Waals surface area contributed by atoms with E-state index in [1.807, 2.05) is 4.90 Å². The van der Waals surface area contributed by atoms with E-state index >= 15 is 0 Å². The van der Waals surface area contributed by atoms with Gasteiger partial charge in [0.15, 0.2) is 0 Å². The van der Waals surface area contributed by atoms with Crippen LogP contribution in [-0.4, -0.2) is 34.5 Å². The Balaban J connectivity index is 1.90. The number of carbonyl (C=O) groups excluding carboxylic acids is 1. The number of fused-ring (bicyclic) bond motifs is 2. The summed E-state index contributed by atoms with van der Waals surface area (Å²) < 4.78 is 0. The fourth-order valence-corrected chi connectivity index (χ4v) is 5.20. The first-order chi connectivity index (χ1) is 8.75. The largest absolute Gasteiger partial charge is 0.481 e. The van der Waals surface area contributed by atoms with Crippen molar-refractivity contribution in [2.75, 3.05) is 6.54 Å². The summed E-state index contributed by atoms with van der Waals surface area (Å²) in [4.78, 5) is 25.3. The van der Waals surface area contributed by atoms with E-state index in [1.165, 1.54) is 19.3 Å². The molecule has 0 aromatic carbocycles. The van der Waals surface area contributed by atoms with Crippen molar-refractivity contribution in [3.63, 3.8) is 0 Å². The van der Waals surface area contributed by atoms with Gasteiger partial charge >= 0.3 is 5.97 Å². The number of amides is 1. The smallest absolute Gasteiger partial charge is 0.308 e. The van der Waals surface area contributed by atoms with E-state index < -0.39 is 11.9 Å². The Kier molecular flexibility index (Phi) is 2.55. The van der Waals surface area contributed by atoms with E-state index in [0.717, 1.165) is 0 Å². The first-order valence-electron chi connectivity index (χ1n) is 7.28. The molecule has 3 aliphatic rings. The van der Waals surface area contributed by atoms with Crippen molar-refractivity contribution in [3.05, 3.63) is 0 Å². The SMILES string of the molecule is CC12CCC(C1)C(C)(C)C2N1CC(C(=O)O)CC1=O. The second kappa shape index (κ2) is 3.74. The van der Waals surface area contributed by atoms with Gasteiger partial charge < -0.3 is 10.0 Å². The first kappa shape index (κ1) is 12.9. The molecule has 1 N–H and O–H groups in total. The minimum atomic E-state index is -0.832. The molecule has 1 saturated heterocycles. The normalized spacial score (nSPS) is 44.1. The zero-order valence-electron chi connectivity index (χ0n) is 12.0. The molecule has 0 aromatic heterocycles. The third-order valence-electron chi connectivity index (χ3n) is 6.01. The molecule has 4 atom stereocenters. The molecular weight excluding hydrogens is 242 g/mol. The molecule has 1 heterocycles. The summed E-state index contributed by atoms with van der Waals surface area (Å²) >= 11 is 0. The Morgan fingerprint density at radius 1 is 1.37 bits per heavy atom. The molecule has 2 aliphatic carbocycles. The maximum absolute atomic E-state index is 12.2. The average Bonchev–Trinajstić information content (AvgIpc) is 2.88. The Morgan fingerprint density at radius 2 is 2.05 bits per heavy atom. The van der Waals surface area contributed by atoms with Gasteiger partial charge in [0.2, 0.25) is 5.91 Å². The Hall–Kier alpha value is -1.06. The monoisotopic (exact) mass is 265 g/mol. The second-order valence-corrected chi connectivity index (χ2v) is 7.60. The van der Waals surface area contributed by atoms with Crippen LogP contribution in [0.1, 0.15) is 46.5 Å². The topological polar surface area (TPSA) is 57.6 Å². The fourth-order valence-electron chi connectivity index (χ4n) is 5.20. The van der Waals surface area contributed by atoms with E-state index in [-0.39, 0.29) is 29.2 Å². The third-order valence-corrected chi connectivity index (χ3v) is 6.01. The molecule has 0 radical (unpaired) electrons. The van der Waals surface area contributed by atoms with Crippen LogP contribution >= 0.6 is 0 Å². The van der Waals surface area contributed by atoms with Crippen LogP contribution in [0.3, 0.4) is 0 Å². The molecule has 4 unspecified atom stereocenters. The molecule has 19 heavy (non-hydrogen) atoms. The maximum atomic E-state index is 12.2. The molecular formula is C15H23NO3. The van der Waals surface area contributed by atoms with Crippen LogP contribution in [0.4, 0.5) is 0 Å². The highest BCUT2D eigenvalue weighted by Crippen LogP contribution is 2.64. The predicted molar refractivity (Wildman–Crippen MR) is 70.5 cm³/mol. The number of aliphatic carboxylic acids is 1. The number of carboxylic acid groups (broad SMARTS) is 1. The van der Waals surface area contributed by atoms with Crippen molar-refractivity contribution in [2.45, 2.75) is 52.5 Å². The van der Waals surface area contributed by atoms with Crippen molar-refractivity contribution >= 4 is 11.9 Å². The highest BCUT2D eigenvalue weighted by atomic mass is 16.4. The van der Waals surface area contributed by atoms with Gasteiger partial charge in [-0.3, -0.25) is 9.59 Å². The molecule has 0 aromatic rings. The summed E-state index contributed by atoms with van der Waals surface area (Å²) in [6, 6.07) is 0.218. The first-order valence-corrected chi connectivity index (χ1v) is 7.28. The van der Waals surface area contributed by atoms with E-state index in [0.29, 0.717) is 12.5 Å². The zero-order chi connectivity index (χ0) is 14.0. The fraction of sp³-hybridized carbons (Fsp3) is 0.867. The molecule has 1 aliphatic heterocycles. The van der Waals surface area contributed by atoms with E-state index in [2.05, 4.69) is 20.8 Å². The van der Waals surface area contributed by atoms with E-state index in [1.54, 1.807) is 0 Å². The minimum absolute atomic E-state index is 0.0410. The van der Waals surface area contributed by atoms with Gasteiger partial charge in [-0.15, -0.1) is 0 Å². The Labute approximate surface area is 114 Å². The Morgan fingerprint density at radius 3 is 2.53 bits per heavy atom. The van der Waals surface area contributed by atoms with Crippen LogP contribution in [0.5, 0.6) is 0 Å². The highest BCUT2D eigenvalue weighted by Gasteiger charge is 2.62. The van der Waals surface area contributed by atoms with E-state index in [4.69, 9.17) is 5.11 Å². The van der Waals surface area contributed by atoms with Crippen LogP contribution in [0.2, 0.25) is 0 Å². The van der Waals surface area contributed by atoms with Gasteiger partial charge in [-0.25, -0.2) is 0 Å². The van der Waals surface area contributed by atoms with Gasteiger partial charge in [-0.05, 0) is 36.0 Å². The number of rotatable bonds is 2. The molecule has 106 valence electrons. The van der Waals surface area contributed by atoms with Gasteiger partial charge in [0, 0.05) is 19.0 Å². The van der Waals surface area contributed by atoms with Crippen LogP contribution in [-0.2, 0) is 9.59 Å². The van der Waals surface area contributed by atoms with Crippen LogP contribution < -0.4 is 0 Å². The molecule has 0 spiro atoms. The molecule has 1 amide bonds. The molecule has 2 saturated carbocycles. The third kappa shape index (κ3) is 1.65. The lowest BCUT2D eigenvalue weighted by molar-refractivity contribution is -0.141. The van der Waals surface area contributed by atoms with Gasteiger partial charge in [0.25, 0.3) is 0 Å². The summed E-state index contributed by atoms with van der Waals surface area (Å²) in [6.45, 7) is 7.21. The van der Waals surface area contributed by atoms with Crippen LogP contribution in [0.25, 0.3) is 0 Å². The number of likely N-dealkylation sites (tertiary alicyclic amines) is 1. The predicted octanol–water partition coefficient (Wildman–Crippen LogP) is 2.13. The summed E-state index contributed by atoms with van der Waals surface area (Å²) in [5.41, 5.74) is 0.313. The number of hydrogen-bond donors (Lipinski definition) is 1. The van der Waals surface area contributed by atoms with Crippen molar-refractivity contribution in [2.24, 2.45) is 22.7 Å². The van der Waals surface area contributed by atoms with Gasteiger partial charge in [-0.2, -0.15) is 0 Å². The standard InChI is InChI=1S/C15H23NO3/c1-14(2)10-4-5-15(3,7-10)13(14)16-8-9(12(18)19)6-11(16)17/h9-10,13H,4-8H2,1-3H3,(H,18,19). The lowest BCUT2D eigenvalue weighted by Crippen LogP contribution is -2.53. The van der Waals surface area contributed by atoms with Crippen LogP contribution in [0, 0.1) is 22.7 Å². The lowest BCUT2D eigenvalue weighted by Gasteiger charge is -2.47. The summed E-state index contributed by atoms with van der Waals surface area (Å²) in [5, 5.41) is 9.14. The second-order valence-electron chi connectivity index (χ2n) is 7.60. The summed E-state index contributed by atoms with van der Waals surface area (Å²) in [7, 11) is 0. The number of hydrogen-bond acceptors (Lipinski definition) is 2. The minimum Gasteiger partial charge on any atom is -0.481 e. The molecule has 2 bridgehead atoms. The molecule has 3 rings (SSSR count). The molecule has 3 fully saturated rings. The molecule has 4 heteroatoms. The van der Waals surface area contributed by atoms with Gasteiger partial charge in [0.05, 0.1) is 5.92 Å². The number of nitrogens with zero attached hydrogens (tertiary/aromatic N) is 1. The molecule has 4 nitrogen and oxygen atoms in total. The van der Waals surface area contributed by atoms with Crippen molar-refractivity contribution in [1.29, 1.82) is 0 Å². The summed E-state index contributed by atoms with van der Waals surface area (Å²) in [5.74, 6) is -0.619. The number of carboxylic acids is 1. The average molecular weight is 265 g/mol. The van der Waals surface area contributed by atoms with Gasteiger partial charge in [-0.1, -0.05) is 20.8 Å². The zero-order valence-corrected chi connectivity index (χ0v) is 12.0. The van der Waals surface area contributed by atoms with Crippen molar-refractivity contribution in [1.82, 2.24) is 4.90 Å². The van der Waals surface area contributed by atoms with E-state index in [9.17, 15) is 9.59 Å². The van der Waals surface area contributed by atoms with Gasteiger partial charge in [0.1, 0.15) is 0 Å². The number of carbonyl (C=O) groups is 2. The van der Waals surface area contributed by atoms with Crippen LogP contribution in [0.15, 0.2) is 0 Å².